The molecule has 0 saturated heterocycles. The Hall–Kier alpha value is -7.16. The summed E-state index contributed by atoms with van der Waals surface area (Å²) in [5.41, 5.74) is 11.7. The van der Waals surface area contributed by atoms with E-state index in [1.54, 1.807) is 0 Å². The van der Waals surface area contributed by atoms with Gasteiger partial charge in [0, 0.05) is 43.6 Å². The van der Waals surface area contributed by atoms with Crippen LogP contribution in [0, 0.1) is 11.3 Å². The third kappa shape index (κ3) is 3.99. The van der Waals surface area contributed by atoms with Crippen LogP contribution in [0.15, 0.2) is 160 Å². The monoisotopic (exact) mass is 651 g/mol. The molecule has 11 aromatic rings. The SMILES string of the molecule is N#Cc1ccc2c3ccc(-c4cccc(-c5nc6c(ccc7c8ccccc8oc76)c6oc7ccccc7c56)c4)cc3n(-c3ccccc3)c2c1. The predicted molar refractivity (Wildman–Crippen MR) is 206 cm³/mol. The molecule has 4 aromatic heterocycles. The van der Waals surface area contributed by atoms with E-state index in [9.17, 15) is 5.26 Å². The van der Waals surface area contributed by atoms with Gasteiger partial charge in [0.05, 0.1) is 33.7 Å². The highest BCUT2D eigenvalue weighted by molar-refractivity contribution is 6.24. The molecule has 0 saturated carbocycles. The molecule has 0 spiro atoms. The number of nitriles is 1. The lowest BCUT2D eigenvalue weighted by molar-refractivity contribution is 0.668. The number of aromatic nitrogens is 2. The molecule has 0 aliphatic carbocycles. The number of hydrogen-bond donors (Lipinski definition) is 0. The van der Waals surface area contributed by atoms with Crippen molar-refractivity contribution in [3.63, 3.8) is 0 Å². The van der Waals surface area contributed by atoms with Gasteiger partial charge in [-0.3, -0.25) is 0 Å². The zero-order valence-electron chi connectivity index (χ0n) is 27.1. The van der Waals surface area contributed by atoms with Crippen molar-refractivity contribution < 1.29 is 8.83 Å². The van der Waals surface area contributed by atoms with E-state index in [1.165, 1.54) is 0 Å². The van der Waals surface area contributed by atoms with Crippen LogP contribution in [-0.2, 0) is 0 Å². The molecule has 5 nitrogen and oxygen atoms in total. The third-order valence-corrected chi connectivity index (χ3v) is 10.2. The van der Waals surface area contributed by atoms with Gasteiger partial charge in [-0.05, 0) is 71.8 Å². The van der Waals surface area contributed by atoms with Crippen LogP contribution in [0.25, 0.3) is 105 Å². The Kier molecular flexibility index (Phi) is 5.67. The van der Waals surface area contributed by atoms with E-state index in [2.05, 4.69) is 95.6 Å². The fraction of sp³-hybridized carbons (Fsp3) is 0. The molecule has 0 radical (unpaired) electrons. The normalized spacial score (nSPS) is 11.9. The Morgan fingerprint density at radius 3 is 1.98 bits per heavy atom. The summed E-state index contributed by atoms with van der Waals surface area (Å²) < 4.78 is 15.3. The van der Waals surface area contributed by atoms with Gasteiger partial charge in [0.25, 0.3) is 0 Å². The lowest BCUT2D eigenvalue weighted by Gasteiger charge is -2.11. The summed E-state index contributed by atoms with van der Waals surface area (Å²) in [5, 5.41) is 17.0. The average molecular weight is 652 g/mol. The molecular weight excluding hydrogens is 627 g/mol. The largest absolute Gasteiger partial charge is 0.455 e. The minimum atomic E-state index is 0.635. The number of nitrogens with zero attached hydrogens (tertiary/aromatic N) is 3. The summed E-state index contributed by atoms with van der Waals surface area (Å²) >= 11 is 0. The van der Waals surface area contributed by atoms with Gasteiger partial charge in [0.1, 0.15) is 22.3 Å². The predicted octanol–water partition coefficient (Wildman–Crippen LogP) is 12.3. The van der Waals surface area contributed by atoms with E-state index < -0.39 is 0 Å². The van der Waals surface area contributed by atoms with Crippen LogP contribution >= 0.6 is 0 Å². The topological polar surface area (TPSA) is 67.9 Å². The van der Waals surface area contributed by atoms with Crippen LogP contribution < -0.4 is 0 Å². The summed E-state index contributed by atoms with van der Waals surface area (Å²) in [6.45, 7) is 0. The van der Waals surface area contributed by atoms with Crippen LogP contribution in [0.2, 0.25) is 0 Å². The van der Waals surface area contributed by atoms with Gasteiger partial charge in [0.15, 0.2) is 5.58 Å². The lowest BCUT2D eigenvalue weighted by Crippen LogP contribution is -1.94. The Bertz CT molecular complexity index is 3270. The first kappa shape index (κ1) is 27.8. The molecule has 11 rings (SSSR count). The number of fused-ring (bicyclic) bond motifs is 12. The smallest absolute Gasteiger partial charge is 0.161 e. The molecule has 0 unspecified atom stereocenters. The maximum Gasteiger partial charge on any atom is 0.161 e. The fourth-order valence-corrected chi connectivity index (χ4v) is 7.88. The van der Waals surface area contributed by atoms with Crippen LogP contribution in [0.5, 0.6) is 0 Å². The van der Waals surface area contributed by atoms with Crippen molar-refractivity contribution >= 4 is 76.6 Å². The second-order valence-electron chi connectivity index (χ2n) is 13.0. The first-order valence-electron chi connectivity index (χ1n) is 16.9. The van der Waals surface area contributed by atoms with Gasteiger partial charge < -0.3 is 13.4 Å². The van der Waals surface area contributed by atoms with Gasteiger partial charge >= 0.3 is 0 Å². The molecule has 0 aliphatic rings. The van der Waals surface area contributed by atoms with Crippen LogP contribution in [0.3, 0.4) is 0 Å². The van der Waals surface area contributed by atoms with Crippen molar-refractivity contribution in [2.45, 2.75) is 0 Å². The van der Waals surface area contributed by atoms with Gasteiger partial charge in [-0.1, -0.05) is 91.0 Å². The van der Waals surface area contributed by atoms with E-state index >= 15 is 0 Å². The minimum Gasteiger partial charge on any atom is -0.455 e. The first-order valence-corrected chi connectivity index (χ1v) is 16.9. The van der Waals surface area contributed by atoms with E-state index in [4.69, 9.17) is 13.8 Å². The quantitative estimate of drug-likeness (QED) is 0.191. The summed E-state index contributed by atoms with van der Waals surface area (Å²) in [7, 11) is 0. The van der Waals surface area contributed by atoms with Crippen molar-refractivity contribution in [2.24, 2.45) is 0 Å². The molecule has 5 heteroatoms. The highest BCUT2D eigenvalue weighted by atomic mass is 16.3. The van der Waals surface area contributed by atoms with Crippen LogP contribution in [0.1, 0.15) is 5.56 Å². The number of rotatable bonds is 3. The summed E-state index contributed by atoms with van der Waals surface area (Å²) in [6.07, 6.45) is 0. The summed E-state index contributed by atoms with van der Waals surface area (Å²) in [6, 6.07) is 54.3. The average Bonchev–Trinajstić information content (AvgIpc) is 3.87. The Labute approximate surface area is 290 Å². The molecule has 4 heterocycles. The van der Waals surface area contributed by atoms with Gasteiger partial charge in [-0.25, -0.2) is 4.98 Å². The van der Waals surface area contributed by atoms with E-state index in [0.29, 0.717) is 5.56 Å². The Morgan fingerprint density at radius 1 is 0.490 bits per heavy atom. The zero-order valence-corrected chi connectivity index (χ0v) is 27.1. The highest BCUT2D eigenvalue weighted by Crippen LogP contribution is 2.43. The summed E-state index contributed by atoms with van der Waals surface area (Å²) in [5.74, 6) is 0. The molecule has 236 valence electrons. The standard InChI is InChI=1S/C46H25N3O2/c47-26-27-17-19-32-33-20-18-29(25-39(33)49(38(32)23-27)31-11-2-1-3-12-31)28-9-8-10-30(24-28)43-42-36-14-5-7-16-41(36)50-45(42)37-22-21-35-34-13-4-6-15-40(34)51-46(35)44(37)48-43/h1-25H. The lowest BCUT2D eigenvalue weighted by atomic mass is 9.97. The first-order chi connectivity index (χ1) is 25.2. The van der Waals surface area contributed by atoms with E-state index in [0.717, 1.165) is 105 Å². The number of pyridine rings is 1. The van der Waals surface area contributed by atoms with Crippen molar-refractivity contribution in [3.05, 3.63) is 157 Å². The number of hydrogen-bond acceptors (Lipinski definition) is 4. The third-order valence-electron chi connectivity index (χ3n) is 10.2. The maximum absolute atomic E-state index is 9.73. The minimum absolute atomic E-state index is 0.635. The number of para-hydroxylation sites is 3. The maximum atomic E-state index is 9.73. The fourth-order valence-electron chi connectivity index (χ4n) is 7.88. The van der Waals surface area contributed by atoms with Crippen molar-refractivity contribution in [3.8, 4) is 34.1 Å². The molecule has 0 fully saturated rings. The molecule has 7 aromatic carbocycles. The number of benzene rings is 7. The second-order valence-corrected chi connectivity index (χ2v) is 13.0. The van der Waals surface area contributed by atoms with Crippen molar-refractivity contribution in [1.29, 1.82) is 5.26 Å². The molecular formula is C46H25N3O2. The Morgan fingerprint density at radius 2 is 1.14 bits per heavy atom. The molecule has 0 aliphatic heterocycles. The van der Waals surface area contributed by atoms with E-state index in [1.807, 2.05) is 66.7 Å². The second kappa shape index (κ2) is 10.4. The molecule has 0 N–H and O–H groups in total. The van der Waals surface area contributed by atoms with Gasteiger partial charge in [0.2, 0.25) is 0 Å². The Balaban J connectivity index is 1.17. The highest BCUT2D eigenvalue weighted by Gasteiger charge is 2.22. The van der Waals surface area contributed by atoms with Gasteiger partial charge in [-0.15, -0.1) is 0 Å². The van der Waals surface area contributed by atoms with Crippen molar-refractivity contribution in [1.82, 2.24) is 9.55 Å². The molecule has 0 bridgehead atoms. The molecule has 0 atom stereocenters. The van der Waals surface area contributed by atoms with Crippen LogP contribution in [0.4, 0.5) is 0 Å². The van der Waals surface area contributed by atoms with Gasteiger partial charge in [-0.2, -0.15) is 5.26 Å². The molecule has 51 heavy (non-hydrogen) atoms. The van der Waals surface area contributed by atoms with Crippen LogP contribution in [-0.4, -0.2) is 9.55 Å². The molecule has 0 amide bonds. The van der Waals surface area contributed by atoms with Crippen molar-refractivity contribution in [2.75, 3.05) is 0 Å². The number of furan rings is 2. The summed E-state index contributed by atoms with van der Waals surface area (Å²) in [4.78, 5) is 5.42. The zero-order chi connectivity index (χ0) is 33.6. The van der Waals surface area contributed by atoms with E-state index in [-0.39, 0.29) is 0 Å².